The maximum Gasteiger partial charge on any atom is 0.235 e. The molecule has 5 nitrogen and oxygen atoms in total. The second-order valence-electron chi connectivity index (χ2n) is 4.67. The lowest BCUT2D eigenvalue weighted by molar-refractivity contribution is 0.100. The van der Waals surface area contributed by atoms with E-state index in [2.05, 4.69) is 0 Å². The Hall–Kier alpha value is -2.95. The van der Waals surface area contributed by atoms with E-state index in [1.807, 2.05) is 0 Å². The number of furan rings is 1. The van der Waals surface area contributed by atoms with Crippen LogP contribution < -0.4 is 9.47 Å². The fourth-order valence-corrected chi connectivity index (χ4v) is 2.30. The van der Waals surface area contributed by atoms with Crippen molar-refractivity contribution in [3.8, 4) is 17.2 Å². The number of carbonyl (C=O) groups excluding carboxylic acids is 1. The lowest BCUT2D eigenvalue weighted by Gasteiger charge is -2.08. The number of hydrogen-bond donors (Lipinski definition) is 1. The maximum atomic E-state index is 12.7. The molecule has 22 heavy (non-hydrogen) atoms. The van der Waals surface area contributed by atoms with Crippen molar-refractivity contribution in [3.05, 3.63) is 53.8 Å². The van der Waals surface area contributed by atoms with Crippen molar-refractivity contribution in [2.45, 2.75) is 0 Å². The number of aromatic hydroxyl groups is 1. The molecular weight excluding hydrogens is 284 g/mol. The van der Waals surface area contributed by atoms with E-state index in [1.54, 1.807) is 42.5 Å². The molecule has 1 N–H and O–H groups in total. The Balaban J connectivity index is 2.15. The Morgan fingerprint density at radius 2 is 1.86 bits per heavy atom. The Labute approximate surface area is 126 Å². The minimum absolute atomic E-state index is 0.118. The monoisotopic (exact) mass is 298 g/mol. The van der Waals surface area contributed by atoms with Crippen LogP contribution in [0.1, 0.15) is 16.1 Å². The van der Waals surface area contributed by atoms with Crippen LogP contribution in [-0.4, -0.2) is 25.1 Å². The van der Waals surface area contributed by atoms with Crippen LogP contribution in [0, 0.1) is 0 Å². The van der Waals surface area contributed by atoms with Gasteiger partial charge in [-0.3, -0.25) is 4.79 Å². The lowest BCUT2D eigenvalue weighted by atomic mass is 10.1. The third-order valence-corrected chi connectivity index (χ3v) is 3.43. The molecule has 0 aliphatic carbocycles. The zero-order valence-electron chi connectivity index (χ0n) is 12.1. The summed E-state index contributed by atoms with van der Waals surface area (Å²) < 4.78 is 15.8. The van der Waals surface area contributed by atoms with Crippen molar-refractivity contribution in [2.24, 2.45) is 0 Å². The number of carbonyl (C=O) groups is 1. The van der Waals surface area contributed by atoms with Gasteiger partial charge < -0.3 is 19.0 Å². The molecule has 1 heterocycles. The molecule has 0 fully saturated rings. The van der Waals surface area contributed by atoms with Gasteiger partial charge in [-0.1, -0.05) is 12.1 Å². The zero-order valence-corrected chi connectivity index (χ0v) is 12.1. The van der Waals surface area contributed by atoms with Crippen molar-refractivity contribution in [1.29, 1.82) is 0 Å². The maximum absolute atomic E-state index is 12.7. The molecule has 0 spiro atoms. The zero-order chi connectivity index (χ0) is 15.7. The van der Waals surface area contributed by atoms with Gasteiger partial charge in [-0.25, -0.2) is 0 Å². The molecule has 1 aromatic heterocycles. The third kappa shape index (κ3) is 2.16. The highest BCUT2D eigenvalue weighted by atomic mass is 16.5. The summed E-state index contributed by atoms with van der Waals surface area (Å²) >= 11 is 0. The number of benzene rings is 2. The highest BCUT2D eigenvalue weighted by Gasteiger charge is 2.24. The van der Waals surface area contributed by atoms with Crippen LogP contribution >= 0.6 is 0 Å². The van der Waals surface area contributed by atoms with Crippen LogP contribution in [0.4, 0.5) is 0 Å². The molecule has 5 heteroatoms. The molecule has 3 rings (SSSR count). The molecule has 112 valence electrons. The van der Waals surface area contributed by atoms with Crippen LogP contribution in [0.15, 0.2) is 46.9 Å². The molecule has 0 saturated heterocycles. The summed E-state index contributed by atoms with van der Waals surface area (Å²) in [5.41, 5.74) is 0.710. The van der Waals surface area contributed by atoms with Gasteiger partial charge in [0.2, 0.25) is 11.5 Å². The van der Waals surface area contributed by atoms with Crippen molar-refractivity contribution in [3.63, 3.8) is 0 Å². The van der Waals surface area contributed by atoms with Gasteiger partial charge in [-0.2, -0.15) is 0 Å². The van der Waals surface area contributed by atoms with E-state index in [4.69, 9.17) is 13.9 Å². The number of fused-ring (bicyclic) bond motifs is 1. The number of ketones is 1. The predicted molar refractivity (Wildman–Crippen MR) is 80.9 cm³/mol. The number of hydrogen-bond acceptors (Lipinski definition) is 5. The predicted octanol–water partition coefficient (Wildman–Crippen LogP) is 3.39. The quantitative estimate of drug-likeness (QED) is 0.748. The Bertz CT molecular complexity index is 847. The minimum atomic E-state index is -0.468. The molecule has 0 unspecified atom stereocenters. The Morgan fingerprint density at radius 1 is 1.09 bits per heavy atom. The molecule has 0 aliphatic heterocycles. The fourth-order valence-electron chi connectivity index (χ4n) is 2.30. The molecule has 0 aliphatic rings. The van der Waals surface area contributed by atoms with E-state index in [0.29, 0.717) is 22.5 Å². The van der Waals surface area contributed by atoms with E-state index in [9.17, 15) is 9.90 Å². The van der Waals surface area contributed by atoms with Crippen LogP contribution in [-0.2, 0) is 0 Å². The first-order valence-electron chi connectivity index (χ1n) is 6.63. The Morgan fingerprint density at radius 3 is 2.55 bits per heavy atom. The van der Waals surface area contributed by atoms with E-state index in [0.717, 1.165) is 0 Å². The van der Waals surface area contributed by atoms with Crippen LogP contribution in [0.5, 0.6) is 17.2 Å². The number of ether oxygens (including phenoxy) is 2. The first kappa shape index (κ1) is 14.0. The van der Waals surface area contributed by atoms with Crippen LogP contribution in [0.3, 0.4) is 0 Å². The first-order valence-corrected chi connectivity index (χ1v) is 6.63. The lowest BCUT2D eigenvalue weighted by Crippen LogP contribution is -2.03. The number of methoxy groups -OCH3 is 2. The Kier molecular flexibility index (Phi) is 3.47. The van der Waals surface area contributed by atoms with Crippen molar-refractivity contribution in [2.75, 3.05) is 14.2 Å². The van der Waals surface area contributed by atoms with Crippen molar-refractivity contribution in [1.82, 2.24) is 0 Å². The molecule has 0 atom stereocenters. The second-order valence-corrected chi connectivity index (χ2v) is 4.67. The summed E-state index contributed by atoms with van der Waals surface area (Å²) in [5, 5.41) is 10.7. The van der Waals surface area contributed by atoms with Crippen LogP contribution in [0.25, 0.3) is 11.0 Å². The number of rotatable bonds is 4. The first-order chi connectivity index (χ1) is 10.7. The molecule has 2 aromatic carbocycles. The fraction of sp³-hybridized carbons (Fsp3) is 0.118. The summed E-state index contributed by atoms with van der Waals surface area (Å²) in [7, 11) is 2.98. The summed E-state index contributed by atoms with van der Waals surface area (Å²) in [6.07, 6.45) is 0. The van der Waals surface area contributed by atoms with Crippen molar-refractivity contribution < 1.29 is 23.8 Å². The largest absolute Gasteiger partial charge is 0.504 e. The topological polar surface area (TPSA) is 68.9 Å². The molecule has 0 amide bonds. The summed E-state index contributed by atoms with van der Waals surface area (Å²) in [5.74, 6) is 0.132. The van der Waals surface area contributed by atoms with E-state index >= 15 is 0 Å². The van der Waals surface area contributed by atoms with Gasteiger partial charge in [0.15, 0.2) is 5.75 Å². The standard InChI is InChI=1S/C17H14O5/c1-20-10-7-8-13(21-2)12(9-10)16(19)17-15(18)11-5-3-4-6-14(11)22-17/h3-9,18H,1-2H3. The summed E-state index contributed by atoms with van der Waals surface area (Å²) in [6.45, 7) is 0. The molecular formula is C17H14O5. The average Bonchev–Trinajstić information content (AvgIpc) is 2.91. The van der Waals surface area contributed by atoms with Gasteiger partial charge >= 0.3 is 0 Å². The smallest absolute Gasteiger partial charge is 0.235 e. The SMILES string of the molecule is COc1ccc(OC)c(C(=O)c2oc3ccccc3c2O)c1. The average molecular weight is 298 g/mol. The third-order valence-electron chi connectivity index (χ3n) is 3.43. The van der Waals surface area contributed by atoms with E-state index in [-0.39, 0.29) is 17.1 Å². The van der Waals surface area contributed by atoms with Crippen molar-refractivity contribution >= 4 is 16.8 Å². The number of para-hydroxylation sites is 1. The van der Waals surface area contributed by atoms with Gasteiger partial charge in [0.05, 0.1) is 25.2 Å². The van der Waals surface area contributed by atoms with Gasteiger partial charge in [0.25, 0.3) is 0 Å². The van der Waals surface area contributed by atoms with E-state index in [1.165, 1.54) is 14.2 Å². The van der Waals surface area contributed by atoms with Gasteiger partial charge in [0, 0.05) is 0 Å². The van der Waals surface area contributed by atoms with Gasteiger partial charge in [0.1, 0.15) is 17.1 Å². The highest BCUT2D eigenvalue weighted by molar-refractivity contribution is 6.13. The van der Waals surface area contributed by atoms with Crippen LogP contribution in [0.2, 0.25) is 0 Å². The minimum Gasteiger partial charge on any atom is -0.504 e. The second kappa shape index (κ2) is 5.44. The van der Waals surface area contributed by atoms with E-state index < -0.39 is 5.78 Å². The van der Waals surface area contributed by atoms with Gasteiger partial charge in [-0.15, -0.1) is 0 Å². The van der Waals surface area contributed by atoms with Gasteiger partial charge in [-0.05, 0) is 30.3 Å². The molecule has 0 saturated carbocycles. The summed E-state index contributed by atoms with van der Waals surface area (Å²) in [4.78, 5) is 12.7. The molecule has 0 bridgehead atoms. The normalized spacial score (nSPS) is 10.6. The molecule has 0 radical (unpaired) electrons. The highest BCUT2D eigenvalue weighted by Crippen LogP contribution is 2.35. The summed E-state index contributed by atoms with van der Waals surface area (Å²) in [6, 6.07) is 11.8. The molecule has 3 aromatic rings.